The van der Waals surface area contributed by atoms with Gasteiger partial charge in [-0.15, -0.1) is 11.3 Å². The standard InChI is InChI=1S/C27H31FN4O2S/c28-22-10-8-21(9-11-22)18-31(15-12-20-5-2-1-3-6-20)23-17-24(26(33)30-14-13-29)32(19-23)27(34)25-7-4-16-35-25/h1-11,16,23-24H,12-15,17-19,29H2,(H,30,33). The van der Waals surface area contributed by atoms with Gasteiger partial charge in [0.1, 0.15) is 11.9 Å². The molecule has 184 valence electrons. The Morgan fingerprint density at radius 2 is 1.83 bits per heavy atom. The van der Waals surface area contributed by atoms with Crippen LogP contribution in [0.5, 0.6) is 0 Å². The van der Waals surface area contributed by atoms with E-state index in [4.69, 9.17) is 5.73 Å². The summed E-state index contributed by atoms with van der Waals surface area (Å²) in [5.74, 6) is -0.567. The smallest absolute Gasteiger partial charge is 0.264 e. The molecule has 2 atom stereocenters. The third kappa shape index (κ3) is 6.54. The number of thiophene rings is 1. The van der Waals surface area contributed by atoms with Crippen molar-refractivity contribution < 1.29 is 14.0 Å². The van der Waals surface area contributed by atoms with Gasteiger partial charge >= 0.3 is 0 Å². The number of nitrogens with one attached hydrogen (secondary N) is 1. The van der Waals surface area contributed by atoms with E-state index in [9.17, 15) is 14.0 Å². The minimum Gasteiger partial charge on any atom is -0.353 e. The van der Waals surface area contributed by atoms with Crippen LogP contribution in [0.15, 0.2) is 72.1 Å². The first-order chi connectivity index (χ1) is 17.0. The Morgan fingerprint density at radius 1 is 1.06 bits per heavy atom. The fourth-order valence-corrected chi connectivity index (χ4v) is 5.22. The average molecular weight is 495 g/mol. The Kier molecular flexibility index (Phi) is 8.63. The van der Waals surface area contributed by atoms with Crippen LogP contribution in [-0.2, 0) is 17.8 Å². The van der Waals surface area contributed by atoms with Crippen LogP contribution in [0.25, 0.3) is 0 Å². The van der Waals surface area contributed by atoms with Gasteiger partial charge in [-0.3, -0.25) is 14.5 Å². The molecule has 3 aromatic rings. The zero-order valence-corrected chi connectivity index (χ0v) is 20.4. The van der Waals surface area contributed by atoms with Crippen LogP contribution in [0.1, 0.15) is 27.2 Å². The number of rotatable bonds is 10. The zero-order valence-electron chi connectivity index (χ0n) is 19.6. The predicted octanol–water partition coefficient (Wildman–Crippen LogP) is 3.29. The van der Waals surface area contributed by atoms with Crippen molar-refractivity contribution in [3.05, 3.63) is 93.9 Å². The number of benzene rings is 2. The lowest BCUT2D eigenvalue weighted by atomic mass is 10.1. The van der Waals surface area contributed by atoms with Gasteiger partial charge in [0.25, 0.3) is 5.91 Å². The molecule has 2 aromatic carbocycles. The largest absolute Gasteiger partial charge is 0.353 e. The van der Waals surface area contributed by atoms with Gasteiger partial charge in [0.2, 0.25) is 5.91 Å². The molecule has 2 unspecified atom stereocenters. The molecule has 3 N–H and O–H groups in total. The zero-order chi connectivity index (χ0) is 24.6. The third-order valence-electron chi connectivity index (χ3n) is 6.36. The molecule has 1 aromatic heterocycles. The van der Waals surface area contributed by atoms with Crippen LogP contribution in [0, 0.1) is 5.82 Å². The summed E-state index contributed by atoms with van der Waals surface area (Å²) >= 11 is 1.38. The number of hydrogen-bond acceptors (Lipinski definition) is 5. The predicted molar refractivity (Wildman–Crippen MR) is 137 cm³/mol. The van der Waals surface area contributed by atoms with Gasteiger partial charge in [-0.2, -0.15) is 0 Å². The molecule has 0 aliphatic carbocycles. The average Bonchev–Trinajstić information content (AvgIpc) is 3.57. The van der Waals surface area contributed by atoms with Crippen molar-refractivity contribution in [3.8, 4) is 0 Å². The van der Waals surface area contributed by atoms with E-state index in [-0.39, 0.29) is 23.7 Å². The maximum atomic E-state index is 13.5. The topological polar surface area (TPSA) is 78.7 Å². The van der Waals surface area contributed by atoms with E-state index in [1.54, 1.807) is 23.1 Å². The Hall–Kier alpha value is -3.07. The Labute approximate surface area is 209 Å². The summed E-state index contributed by atoms with van der Waals surface area (Å²) in [6, 6.07) is 19.8. The van der Waals surface area contributed by atoms with Gasteiger partial charge in [0.05, 0.1) is 4.88 Å². The lowest BCUT2D eigenvalue weighted by molar-refractivity contribution is -0.124. The van der Waals surface area contributed by atoms with Gasteiger partial charge in [-0.05, 0) is 47.5 Å². The second kappa shape index (κ2) is 12.1. The third-order valence-corrected chi connectivity index (χ3v) is 7.22. The first kappa shape index (κ1) is 25.0. The van der Waals surface area contributed by atoms with Crippen molar-refractivity contribution in [1.29, 1.82) is 0 Å². The van der Waals surface area contributed by atoms with Crippen LogP contribution in [0.4, 0.5) is 4.39 Å². The molecule has 0 radical (unpaired) electrons. The molecule has 2 heterocycles. The van der Waals surface area contributed by atoms with Crippen molar-refractivity contribution in [1.82, 2.24) is 15.1 Å². The van der Waals surface area contributed by atoms with Crippen LogP contribution >= 0.6 is 11.3 Å². The van der Waals surface area contributed by atoms with E-state index < -0.39 is 6.04 Å². The molecule has 0 spiro atoms. The maximum absolute atomic E-state index is 13.5. The summed E-state index contributed by atoms with van der Waals surface area (Å²) in [7, 11) is 0. The quantitative estimate of drug-likeness (QED) is 0.453. The van der Waals surface area contributed by atoms with Gasteiger partial charge in [-0.1, -0.05) is 48.5 Å². The van der Waals surface area contributed by atoms with Crippen molar-refractivity contribution in [2.75, 3.05) is 26.2 Å². The maximum Gasteiger partial charge on any atom is 0.264 e. The monoisotopic (exact) mass is 494 g/mol. The number of nitrogens with zero attached hydrogens (tertiary/aromatic N) is 2. The normalized spacial score (nSPS) is 17.6. The second-order valence-corrected chi connectivity index (χ2v) is 9.70. The molecule has 1 fully saturated rings. The summed E-state index contributed by atoms with van der Waals surface area (Å²) in [5, 5.41) is 4.73. The van der Waals surface area contributed by atoms with Gasteiger partial charge in [0, 0.05) is 38.8 Å². The molecule has 8 heteroatoms. The molecule has 0 bridgehead atoms. The Balaban J connectivity index is 1.56. The highest BCUT2D eigenvalue weighted by molar-refractivity contribution is 7.12. The highest BCUT2D eigenvalue weighted by Gasteiger charge is 2.42. The molecule has 4 rings (SSSR count). The van der Waals surface area contributed by atoms with Crippen molar-refractivity contribution in [2.24, 2.45) is 5.73 Å². The number of likely N-dealkylation sites (tertiary alicyclic amines) is 1. The molecule has 1 aliphatic heterocycles. The van der Waals surface area contributed by atoms with E-state index in [1.807, 2.05) is 29.6 Å². The lowest BCUT2D eigenvalue weighted by Gasteiger charge is -2.29. The first-order valence-corrected chi connectivity index (χ1v) is 12.8. The number of halogens is 1. The Morgan fingerprint density at radius 3 is 2.51 bits per heavy atom. The first-order valence-electron chi connectivity index (χ1n) is 11.9. The minimum absolute atomic E-state index is 0.0127. The van der Waals surface area contributed by atoms with Gasteiger partial charge < -0.3 is 16.0 Å². The second-order valence-electron chi connectivity index (χ2n) is 8.75. The summed E-state index contributed by atoms with van der Waals surface area (Å²) in [4.78, 5) is 31.0. The summed E-state index contributed by atoms with van der Waals surface area (Å²) in [6.45, 7) is 2.52. The summed E-state index contributed by atoms with van der Waals surface area (Å²) in [6.07, 6.45) is 1.37. The molecule has 0 saturated carbocycles. The van der Waals surface area contributed by atoms with Crippen LogP contribution < -0.4 is 11.1 Å². The van der Waals surface area contributed by atoms with Crippen LogP contribution in [0.2, 0.25) is 0 Å². The fraction of sp³-hybridized carbons (Fsp3) is 0.333. The molecular formula is C27H31FN4O2S. The highest BCUT2D eigenvalue weighted by atomic mass is 32.1. The SMILES string of the molecule is NCCNC(=O)C1CC(N(CCc2ccccc2)Cc2ccc(F)cc2)CN1C(=O)c1cccs1. The van der Waals surface area contributed by atoms with E-state index in [0.717, 1.165) is 18.5 Å². The lowest BCUT2D eigenvalue weighted by Crippen LogP contribution is -2.46. The van der Waals surface area contributed by atoms with Gasteiger partial charge in [-0.25, -0.2) is 4.39 Å². The van der Waals surface area contributed by atoms with E-state index >= 15 is 0 Å². The molecule has 2 amide bonds. The van der Waals surface area contributed by atoms with Crippen LogP contribution in [-0.4, -0.2) is 59.9 Å². The molecule has 6 nitrogen and oxygen atoms in total. The van der Waals surface area contributed by atoms with Crippen molar-refractivity contribution in [2.45, 2.75) is 31.5 Å². The number of nitrogens with two attached hydrogens (primary N) is 1. The molecule has 1 saturated heterocycles. The molecule has 1 aliphatic rings. The minimum atomic E-state index is -0.561. The summed E-state index contributed by atoms with van der Waals surface area (Å²) < 4.78 is 13.5. The molecule has 35 heavy (non-hydrogen) atoms. The molecular weight excluding hydrogens is 463 g/mol. The summed E-state index contributed by atoms with van der Waals surface area (Å²) in [5.41, 5.74) is 7.80. The van der Waals surface area contributed by atoms with Crippen LogP contribution in [0.3, 0.4) is 0 Å². The number of hydrogen-bond donors (Lipinski definition) is 2. The van der Waals surface area contributed by atoms with Gasteiger partial charge in [0.15, 0.2) is 0 Å². The Bertz CT molecular complexity index is 1090. The highest BCUT2D eigenvalue weighted by Crippen LogP contribution is 2.27. The van der Waals surface area contributed by atoms with Crippen molar-refractivity contribution >= 4 is 23.2 Å². The number of carbonyl (C=O) groups is 2. The fourth-order valence-electron chi connectivity index (χ4n) is 4.54. The van der Waals surface area contributed by atoms with Crippen molar-refractivity contribution in [3.63, 3.8) is 0 Å². The van der Waals surface area contributed by atoms with E-state index in [0.29, 0.717) is 37.5 Å². The number of carbonyl (C=O) groups excluding carboxylic acids is 2. The number of amides is 2. The van der Waals surface area contributed by atoms with E-state index in [2.05, 4.69) is 22.3 Å². The van der Waals surface area contributed by atoms with E-state index in [1.165, 1.54) is 29.0 Å².